The second-order valence-electron chi connectivity index (χ2n) is 3.55. The smallest absolute Gasteiger partial charge is 0.313 e. The van der Waals surface area contributed by atoms with Gasteiger partial charge in [-0.2, -0.15) is 0 Å². The van der Waals surface area contributed by atoms with Gasteiger partial charge >= 0.3 is 5.35 Å². The fourth-order valence-corrected chi connectivity index (χ4v) is 1.41. The highest BCUT2D eigenvalue weighted by molar-refractivity contribution is 6.27. The van der Waals surface area contributed by atoms with Gasteiger partial charge in [-0.1, -0.05) is 11.2 Å². The predicted molar refractivity (Wildman–Crippen MR) is 60.5 cm³/mol. The Morgan fingerprint density at radius 1 is 1.31 bits per heavy atom. The third kappa shape index (κ3) is 2.52. The van der Waals surface area contributed by atoms with E-state index in [1.165, 1.54) is 0 Å². The van der Waals surface area contributed by atoms with Crippen LogP contribution in [0.2, 0.25) is 5.35 Å². The van der Waals surface area contributed by atoms with Crippen LogP contribution >= 0.6 is 11.6 Å². The normalized spacial score (nSPS) is 10.8. The lowest BCUT2D eigenvalue weighted by atomic mass is 10.2. The van der Waals surface area contributed by atoms with Crippen LogP contribution < -0.4 is 4.74 Å². The van der Waals surface area contributed by atoms with E-state index in [-0.39, 0.29) is 11.5 Å². The standard InChI is InChI=1S/C11H11ClN2O2/c1-7(2)15-9-5-3-4-8(6-9)10-13-14-11(12)16-10/h3-7H,1-2H3. The van der Waals surface area contributed by atoms with Crippen LogP contribution in [0.4, 0.5) is 0 Å². The van der Waals surface area contributed by atoms with Gasteiger partial charge in [0.1, 0.15) is 5.75 Å². The molecule has 0 saturated carbocycles. The predicted octanol–water partition coefficient (Wildman–Crippen LogP) is 3.18. The molecule has 0 unspecified atom stereocenters. The summed E-state index contributed by atoms with van der Waals surface area (Å²) in [6.07, 6.45) is 0.126. The van der Waals surface area contributed by atoms with Crippen molar-refractivity contribution in [3.8, 4) is 17.2 Å². The van der Waals surface area contributed by atoms with Crippen molar-refractivity contribution >= 4 is 11.6 Å². The molecule has 0 amide bonds. The first-order valence-electron chi connectivity index (χ1n) is 4.91. The Morgan fingerprint density at radius 2 is 2.12 bits per heavy atom. The largest absolute Gasteiger partial charge is 0.491 e. The van der Waals surface area contributed by atoms with E-state index in [9.17, 15) is 0 Å². The van der Waals surface area contributed by atoms with Crippen LogP contribution in [-0.2, 0) is 0 Å². The first-order chi connectivity index (χ1) is 7.65. The van der Waals surface area contributed by atoms with Gasteiger partial charge < -0.3 is 9.15 Å². The maximum absolute atomic E-state index is 5.56. The molecule has 0 bridgehead atoms. The fraction of sp³-hybridized carbons (Fsp3) is 0.273. The number of ether oxygens (including phenoxy) is 1. The van der Waals surface area contributed by atoms with Crippen molar-refractivity contribution < 1.29 is 9.15 Å². The minimum atomic E-state index is 0.0326. The first kappa shape index (κ1) is 11.0. The molecule has 1 aromatic heterocycles. The third-order valence-electron chi connectivity index (χ3n) is 1.85. The number of rotatable bonds is 3. The van der Waals surface area contributed by atoms with E-state index in [0.717, 1.165) is 11.3 Å². The number of nitrogens with zero attached hydrogens (tertiary/aromatic N) is 2. The molecule has 1 aromatic carbocycles. The van der Waals surface area contributed by atoms with Crippen LogP contribution in [0.15, 0.2) is 28.7 Å². The van der Waals surface area contributed by atoms with Crippen molar-refractivity contribution in [2.45, 2.75) is 20.0 Å². The summed E-state index contributed by atoms with van der Waals surface area (Å²) < 4.78 is 10.7. The van der Waals surface area contributed by atoms with Crippen molar-refractivity contribution in [3.63, 3.8) is 0 Å². The van der Waals surface area contributed by atoms with Crippen molar-refractivity contribution in [1.82, 2.24) is 10.2 Å². The molecular formula is C11H11ClN2O2. The van der Waals surface area contributed by atoms with E-state index >= 15 is 0 Å². The van der Waals surface area contributed by atoms with Gasteiger partial charge in [-0.25, -0.2) is 0 Å². The first-order valence-corrected chi connectivity index (χ1v) is 5.29. The third-order valence-corrected chi connectivity index (χ3v) is 2.01. The Hall–Kier alpha value is -1.55. The molecule has 0 spiro atoms. The molecule has 0 radical (unpaired) electrons. The molecule has 16 heavy (non-hydrogen) atoms. The van der Waals surface area contributed by atoms with Gasteiger partial charge in [0.05, 0.1) is 6.10 Å². The van der Waals surface area contributed by atoms with Crippen LogP contribution in [0, 0.1) is 0 Å². The average Bonchev–Trinajstić information content (AvgIpc) is 2.64. The molecule has 5 heteroatoms. The summed E-state index contributed by atoms with van der Waals surface area (Å²) in [7, 11) is 0. The molecule has 0 aliphatic heterocycles. The van der Waals surface area contributed by atoms with E-state index in [0.29, 0.717) is 5.89 Å². The Bertz CT molecular complexity index is 482. The van der Waals surface area contributed by atoms with Crippen LogP contribution in [-0.4, -0.2) is 16.3 Å². The fourth-order valence-electron chi connectivity index (χ4n) is 1.30. The van der Waals surface area contributed by atoms with Crippen molar-refractivity contribution in [3.05, 3.63) is 29.6 Å². The Morgan fingerprint density at radius 3 is 2.75 bits per heavy atom. The zero-order valence-electron chi connectivity index (χ0n) is 8.98. The van der Waals surface area contributed by atoms with Gasteiger partial charge in [0.15, 0.2) is 0 Å². The minimum Gasteiger partial charge on any atom is -0.491 e. The van der Waals surface area contributed by atoms with E-state index < -0.39 is 0 Å². The summed E-state index contributed by atoms with van der Waals surface area (Å²) in [5.41, 5.74) is 0.789. The molecule has 84 valence electrons. The Labute approximate surface area is 98.2 Å². The summed E-state index contributed by atoms with van der Waals surface area (Å²) >= 11 is 5.56. The molecule has 0 aliphatic rings. The second-order valence-corrected chi connectivity index (χ2v) is 3.88. The maximum atomic E-state index is 5.56. The van der Waals surface area contributed by atoms with Gasteiger partial charge in [0.2, 0.25) is 5.89 Å². The Balaban J connectivity index is 2.28. The highest BCUT2D eigenvalue weighted by Crippen LogP contribution is 2.24. The van der Waals surface area contributed by atoms with Crippen LogP contribution in [0.1, 0.15) is 13.8 Å². The van der Waals surface area contributed by atoms with Crippen molar-refractivity contribution in [2.24, 2.45) is 0 Å². The summed E-state index contributed by atoms with van der Waals surface area (Å²) in [6, 6.07) is 7.44. The van der Waals surface area contributed by atoms with Gasteiger partial charge in [-0.3, -0.25) is 0 Å². The molecular weight excluding hydrogens is 228 g/mol. The zero-order chi connectivity index (χ0) is 11.5. The van der Waals surface area contributed by atoms with E-state index in [1.807, 2.05) is 38.1 Å². The van der Waals surface area contributed by atoms with Crippen molar-refractivity contribution in [1.29, 1.82) is 0 Å². The maximum Gasteiger partial charge on any atom is 0.313 e. The van der Waals surface area contributed by atoms with Crippen LogP contribution in [0.5, 0.6) is 5.75 Å². The van der Waals surface area contributed by atoms with Gasteiger partial charge in [0.25, 0.3) is 0 Å². The molecule has 0 fully saturated rings. The molecule has 2 rings (SSSR count). The van der Waals surface area contributed by atoms with Crippen LogP contribution in [0.3, 0.4) is 0 Å². The highest BCUT2D eigenvalue weighted by Gasteiger charge is 2.08. The molecule has 0 N–H and O–H groups in total. The minimum absolute atomic E-state index is 0.0326. The SMILES string of the molecule is CC(C)Oc1cccc(-c2nnc(Cl)o2)c1. The van der Waals surface area contributed by atoms with Gasteiger partial charge in [0, 0.05) is 5.56 Å². The topological polar surface area (TPSA) is 48.2 Å². The van der Waals surface area contributed by atoms with Gasteiger partial charge in [-0.15, -0.1) is 5.10 Å². The highest BCUT2D eigenvalue weighted by atomic mass is 35.5. The summed E-state index contributed by atoms with van der Waals surface area (Å²) in [6.45, 7) is 3.94. The molecule has 0 aliphatic carbocycles. The number of hydrogen-bond acceptors (Lipinski definition) is 4. The molecule has 0 atom stereocenters. The zero-order valence-corrected chi connectivity index (χ0v) is 9.73. The number of halogens is 1. The number of benzene rings is 1. The number of aromatic nitrogens is 2. The second kappa shape index (κ2) is 4.53. The molecule has 2 aromatic rings. The summed E-state index contributed by atoms with van der Waals surface area (Å²) in [5, 5.41) is 7.43. The number of hydrogen-bond donors (Lipinski definition) is 0. The average molecular weight is 239 g/mol. The van der Waals surface area contributed by atoms with Crippen molar-refractivity contribution in [2.75, 3.05) is 0 Å². The van der Waals surface area contributed by atoms with E-state index in [2.05, 4.69) is 10.2 Å². The summed E-state index contributed by atoms with van der Waals surface area (Å²) in [4.78, 5) is 0. The summed E-state index contributed by atoms with van der Waals surface area (Å²) in [5.74, 6) is 1.15. The monoisotopic (exact) mass is 238 g/mol. The van der Waals surface area contributed by atoms with E-state index in [4.69, 9.17) is 20.8 Å². The molecule has 4 nitrogen and oxygen atoms in total. The molecule has 1 heterocycles. The lowest BCUT2D eigenvalue weighted by Gasteiger charge is -2.09. The van der Waals surface area contributed by atoms with Gasteiger partial charge in [-0.05, 0) is 43.6 Å². The lowest BCUT2D eigenvalue weighted by Crippen LogP contribution is -2.05. The van der Waals surface area contributed by atoms with Crippen LogP contribution in [0.25, 0.3) is 11.5 Å². The Kier molecular flexibility index (Phi) is 3.10. The quantitative estimate of drug-likeness (QED) is 0.824. The van der Waals surface area contributed by atoms with E-state index in [1.54, 1.807) is 0 Å². The molecule has 0 saturated heterocycles. The lowest BCUT2D eigenvalue weighted by molar-refractivity contribution is 0.242.